The van der Waals surface area contributed by atoms with Crippen LogP contribution in [0.1, 0.15) is 19.4 Å². The van der Waals surface area contributed by atoms with Gasteiger partial charge in [0.2, 0.25) is 0 Å². The Kier molecular flexibility index (Phi) is 4.60. The second kappa shape index (κ2) is 6.53. The molecule has 2 aromatic rings. The number of hydrogen-bond donors (Lipinski definition) is 1. The third-order valence-corrected chi connectivity index (χ3v) is 5.25. The molecule has 1 heterocycles. The summed E-state index contributed by atoms with van der Waals surface area (Å²) < 4.78 is 39.1. The molecule has 5 nitrogen and oxygen atoms in total. The maximum atomic E-state index is 12.6. The molecule has 0 aromatic heterocycles. The highest BCUT2D eigenvalue weighted by Gasteiger charge is 2.24. The fraction of sp³-hybridized carbons (Fsp3) is 0.294. The first kappa shape index (κ1) is 16.9. The smallest absolute Gasteiger partial charge is 0.262 e. The first-order valence-electron chi connectivity index (χ1n) is 7.64. The van der Waals surface area contributed by atoms with Gasteiger partial charge >= 0.3 is 0 Å². The number of benzene rings is 2. The van der Waals surface area contributed by atoms with Crippen molar-refractivity contribution in [3.63, 3.8) is 0 Å². The van der Waals surface area contributed by atoms with E-state index in [0.29, 0.717) is 28.8 Å². The molecule has 0 unspecified atom stereocenters. The fourth-order valence-electron chi connectivity index (χ4n) is 2.63. The summed E-state index contributed by atoms with van der Waals surface area (Å²) in [7, 11) is -3.78. The van der Waals surface area contributed by atoms with Crippen LogP contribution in [-0.2, 0) is 16.4 Å². The molecule has 3 rings (SSSR count). The van der Waals surface area contributed by atoms with Gasteiger partial charge in [-0.15, -0.1) is 0 Å². The quantitative estimate of drug-likeness (QED) is 0.871. The van der Waals surface area contributed by atoms with Gasteiger partial charge in [-0.05, 0) is 38.1 Å². The van der Waals surface area contributed by atoms with Crippen molar-refractivity contribution in [2.45, 2.75) is 31.3 Å². The summed E-state index contributed by atoms with van der Waals surface area (Å²) in [4.78, 5) is 0.0900. The molecule has 0 fully saturated rings. The number of halogens is 1. The zero-order chi connectivity index (χ0) is 17.3. The highest BCUT2D eigenvalue weighted by molar-refractivity contribution is 7.92. The number of sulfonamides is 1. The van der Waals surface area contributed by atoms with Crippen LogP contribution in [0.25, 0.3) is 0 Å². The largest absolute Gasteiger partial charge is 0.492 e. The molecule has 0 saturated carbocycles. The van der Waals surface area contributed by atoms with E-state index in [1.165, 1.54) is 12.1 Å². The lowest BCUT2D eigenvalue weighted by molar-refractivity contribution is 0.254. The lowest BCUT2D eigenvalue weighted by Crippen LogP contribution is -2.14. The highest BCUT2D eigenvalue weighted by atomic mass is 35.5. The van der Waals surface area contributed by atoms with E-state index in [0.717, 1.165) is 12.0 Å². The second-order valence-electron chi connectivity index (χ2n) is 5.58. The molecule has 0 saturated heterocycles. The Hall–Kier alpha value is -1.92. The van der Waals surface area contributed by atoms with Crippen LogP contribution < -0.4 is 14.2 Å². The van der Waals surface area contributed by atoms with E-state index >= 15 is 0 Å². The number of ether oxygens (including phenoxy) is 2. The van der Waals surface area contributed by atoms with Crippen molar-refractivity contribution in [2.75, 3.05) is 11.3 Å². The summed E-state index contributed by atoms with van der Waals surface area (Å²) in [5.74, 6) is 1.16. The Bertz CT molecular complexity index is 867. The normalized spacial score (nSPS) is 16.4. The van der Waals surface area contributed by atoms with Gasteiger partial charge in [-0.25, -0.2) is 8.42 Å². The third-order valence-electron chi connectivity index (χ3n) is 3.65. The van der Waals surface area contributed by atoms with Gasteiger partial charge in [0.1, 0.15) is 17.6 Å². The second-order valence-corrected chi connectivity index (χ2v) is 7.70. The molecular formula is C17H18ClNO4S. The van der Waals surface area contributed by atoms with E-state index < -0.39 is 10.0 Å². The van der Waals surface area contributed by atoms with Crippen molar-refractivity contribution >= 4 is 27.3 Å². The molecular weight excluding hydrogens is 350 g/mol. The van der Waals surface area contributed by atoms with Crippen molar-refractivity contribution in [3.8, 4) is 11.5 Å². The van der Waals surface area contributed by atoms with Crippen molar-refractivity contribution < 1.29 is 17.9 Å². The minimum Gasteiger partial charge on any atom is -0.492 e. The molecule has 1 atom stereocenters. The summed E-state index contributed by atoms with van der Waals surface area (Å²) in [6.45, 7) is 4.25. The Labute approximate surface area is 146 Å². The molecule has 0 bridgehead atoms. The number of fused-ring (bicyclic) bond motifs is 1. The van der Waals surface area contributed by atoms with E-state index in [2.05, 4.69) is 4.72 Å². The number of anilines is 1. The summed E-state index contributed by atoms with van der Waals surface area (Å²) in [5.41, 5.74) is 1.36. The number of rotatable bonds is 5. The van der Waals surface area contributed by atoms with Gasteiger partial charge in [0.25, 0.3) is 10.0 Å². The SMILES string of the molecule is CCOc1cc2c(cc1NS(=O)(=O)c1cccc(Cl)c1)O[C@@H](C)C2. The summed E-state index contributed by atoms with van der Waals surface area (Å²) in [6.07, 6.45) is 0.839. The Morgan fingerprint density at radius 2 is 2.12 bits per heavy atom. The van der Waals surface area contributed by atoms with Crippen LogP contribution in [0.2, 0.25) is 5.02 Å². The van der Waals surface area contributed by atoms with Gasteiger partial charge in [-0.1, -0.05) is 17.7 Å². The monoisotopic (exact) mass is 367 g/mol. The summed E-state index contributed by atoms with van der Waals surface area (Å²) in [5, 5.41) is 0.356. The maximum absolute atomic E-state index is 12.6. The summed E-state index contributed by atoms with van der Waals surface area (Å²) in [6, 6.07) is 9.60. The van der Waals surface area contributed by atoms with Crippen LogP contribution in [0.3, 0.4) is 0 Å². The van der Waals surface area contributed by atoms with Crippen molar-refractivity contribution in [2.24, 2.45) is 0 Å². The van der Waals surface area contributed by atoms with Crippen LogP contribution in [0.4, 0.5) is 5.69 Å². The first-order chi connectivity index (χ1) is 11.4. The number of nitrogens with one attached hydrogen (secondary N) is 1. The van der Waals surface area contributed by atoms with Crippen molar-refractivity contribution in [3.05, 3.63) is 47.0 Å². The first-order valence-corrected chi connectivity index (χ1v) is 9.50. The number of hydrogen-bond acceptors (Lipinski definition) is 4. The molecule has 0 aliphatic carbocycles. The minimum atomic E-state index is -3.78. The van der Waals surface area contributed by atoms with E-state index in [9.17, 15) is 8.42 Å². The van der Waals surface area contributed by atoms with Crippen LogP contribution in [0.15, 0.2) is 41.3 Å². The summed E-state index contributed by atoms with van der Waals surface area (Å²) >= 11 is 5.89. The van der Waals surface area contributed by atoms with E-state index in [4.69, 9.17) is 21.1 Å². The van der Waals surface area contributed by atoms with E-state index in [1.807, 2.05) is 19.9 Å². The molecule has 1 aliphatic rings. The molecule has 24 heavy (non-hydrogen) atoms. The fourth-order valence-corrected chi connectivity index (χ4v) is 3.99. The van der Waals surface area contributed by atoms with Gasteiger partial charge in [-0.3, -0.25) is 4.72 Å². The van der Waals surface area contributed by atoms with Crippen molar-refractivity contribution in [1.29, 1.82) is 0 Å². The average molecular weight is 368 g/mol. The highest BCUT2D eigenvalue weighted by Crippen LogP contribution is 2.38. The zero-order valence-corrected chi connectivity index (χ0v) is 14.9. The standard InChI is InChI=1S/C17H18ClNO4S/c1-3-22-17-8-12-7-11(2)23-16(12)10-15(17)19-24(20,21)14-6-4-5-13(18)9-14/h4-6,8-11,19H,3,7H2,1-2H3/t11-/m0/s1. The Morgan fingerprint density at radius 1 is 1.33 bits per heavy atom. The van der Waals surface area contributed by atoms with Crippen LogP contribution in [-0.4, -0.2) is 21.1 Å². The van der Waals surface area contributed by atoms with Crippen LogP contribution in [0.5, 0.6) is 11.5 Å². The minimum absolute atomic E-state index is 0.0641. The van der Waals surface area contributed by atoms with Gasteiger partial charge < -0.3 is 9.47 Å². The molecule has 7 heteroatoms. The molecule has 1 N–H and O–H groups in total. The lowest BCUT2D eigenvalue weighted by atomic mass is 10.1. The lowest BCUT2D eigenvalue weighted by Gasteiger charge is -2.14. The molecule has 1 aliphatic heterocycles. The average Bonchev–Trinajstić information content (AvgIpc) is 2.86. The topological polar surface area (TPSA) is 64.6 Å². The van der Waals surface area contributed by atoms with Gasteiger partial charge in [0, 0.05) is 23.1 Å². The predicted octanol–water partition coefficient (Wildman–Crippen LogP) is 3.86. The molecule has 0 radical (unpaired) electrons. The molecule has 128 valence electrons. The molecule has 0 spiro atoms. The van der Waals surface area contributed by atoms with Crippen LogP contribution in [0, 0.1) is 0 Å². The predicted molar refractivity (Wildman–Crippen MR) is 93.7 cm³/mol. The van der Waals surface area contributed by atoms with Gasteiger partial charge in [0.15, 0.2) is 0 Å². The maximum Gasteiger partial charge on any atom is 0.262 e. The molecule has 0 amide bonds. The van der Waals surface area contributed by atoms with E-state index in [-0.39, 0.29) is 11.0 Å². The van der Waals surface area contributed by atoms with Crippen LogP contribution >= 0.6 is 11.6 Å². The third kappa shape index (κ3) is 3.44. The Balaban J connectivity index is 1.98. The van der Waals surface area contributed by atoms with Gasteiger partial charge in [0.05, 0.1) is 17.2 Å². The Morgan fingerprint density at radius 3 is 2.83 bits per heavy atom. The van der Waals surface area contributed by atoms with Crippen molar-refractivity contribution in [1.82, 2.24) is 0 Å². The van der Waals surface area contributed by atoms with Gasteiger partial charge in [-0.2, -0.15) is 0 Å². The molecule has 2 aromatic carbocycles. The zero-order valence-electron chi connectivity index (χ0n) is 13.4. The van der Waals surface area contributed by atoms with E-state index in [1.54, 1.807) is 18.2 Å².